The molecule has 0 aliphatic carbocycles. The first-order valence-corrected chi connectivity index (χ1v) is 15.1. The molecular formula is C30H26BrFN6O3S. The van der Waals surface area contributed by atoms with Gasteiger partial charge in [-0.3, -0.25) is 14.3 Å². The van der Waals surface area contributed by atoms with E-state index in [2.05, 4.69) is 48.1 Å². The van der Waals surface area contributed by atoms with E-state index in [4.69, 9.17) is 4.74 Å². The largest absolute Gasteiger partial charge is 0.606 e. The number of morpholine rings is 1. The first-order chi connectivity index (χ1) is 20.4. The quantitative estimate of drug-likeness (QED) is 0.244. The molecule has 1 N–H and O–H groups in total. The molecule has 42 heavy (non-hydrogen) atoms. The van der Waals surface area contributed by atoms with Crippen molar-refractivity contribution in [2.75, 3.05) is 32.1 Å². The summed E-state index contributed by atoms with van der Waals surface area (Å²) >= 11 is 1.63. The van der Waals surface area contributed by atoms with Crippen molar-refractivity contribution in [1.82, 2.24) is 24.4 Å². The first kappa shape index (κ1) is 28.4. The van der Waals surface area contributed by atoms with Gasteiger partial charge in [0.1, 0.15) is 11.5 Å². The summed E-state index contributed by atoms with van der Waals surface area (Å²) in [4.78, 5) is 29.4. The zero-order valence-corrected chi connectivity index (χ0v) is 24.9. The summed E-state index contributed by atoms with van der Waals surface area (Å²) in [5.74, 6) is -0.302. The lowest BCUT2D eigenvalue weighted by molar-refractivity contribution is -0.0208. The van der Waals surface area contributed by atoms with E-state index in [1.807, 2.05) is 24.3 Å². The van der Waals surface area contributed by atoms with Crippen molar-refractivity contribution >= 4 is 49.8 Å². The van der Waals surface area contributed by atoms with Crippen molar-refractivity contribution in [2.24, 2.45) is 0 Å². The minimum atomic E-state index is -1.69. The number of anilines is 2. The van der Waals surface area contributed by atoms with Crippen LogP contribution in [-0.2, 0) is 22.5 Å². The van der Waals surface area contributed by atoms with E-state index in [9.17, 15) is 9.35 Å². The number of aromatic nitrogens is 4. The Morgan fingerprint density at radius 2 is 1.95 bits per heavy atom. The minimum absolute atomic E-state index is 0.0127. The Morgan fingerprint density at radius 1 is 1.17 bits per heavy atom. The molecule has 6 rings (SSSR count). The zero-order valence-electron chi connectivity index (χ0n) is 22.5. The topological polar surface area (TPSA) is 108 Å². The molecule has 0 spiro atoms. The maximum absolute atomic E-state index is 15.3. The standard InChI is InChI=1S/C30H26BrFN6O3S/c1-37-13-14-41-26(18-37)19-5-7-21(8-6-19)35-30-34-16-20-15-24(31)29(39)38(28(20)36-30)17-23-25(32)3-2-4-27(23)42(40)22-9-11-33-12-10-22/h2-12,15-16,26H,13-14,17-18H2,1H3,(H,34,35,36). The predicted molar refractivity (Wildman–Crippen MR) is 162 cm³/mol. The number of benzene rings is 2. The number of hydrogen-bond donors (Lipinski definition) is 1. The summed E-state index contributed by atoms with van der Waals surface area (Å²) in [7, 11) is 2.08. The summed E-state index contributed by atoms with van der Waals surface area (Å²) in [6.45, 7) is 2.25. The molecule has 9 nitrogen and oxygen atoms in total. The second-order valence-electron chi connectivity index (χ2n) is 9.89. The smallest absolute Gasteiger partial charge is 0.266 e. The van der Waals surface area contributed by atoms with Crippen LogP contribution in [0.2, 0.25) is 0 Å². The maximum Gasteiger partial charge on any atom is 0.266 e. The molecule has 2 atom stereocenters. The van der Waals surface area contributed by atoms with Crippen molar-refractivity contribution in [3.63, 3.8) is 0 Å². The molecule has 1 fully saturated rings. The lowest BCUT2D eigenvalue weighted by Crippen LogP contribution is -2.35. The number of nitrogens with one attached hydrogen (secondary N) is 1. The molecule has 0 bridgehead atoms. The number of hydrogen-bond acceptors (Lipinski definition) is 8. The minimum Gasteiger partial charge on any atom is -0.606 e. The Bertz CT molecular complexity index is 1790. The van der Waals surface area contributed by atoms with Crippen LogP contribution in [0.3, 0.4) is 0 Å². The highest BCUT2D eigenvalue weighted by Crippen LogP contribution is 2.28. The van der Waals surface area contributed by atoms with Gasteiger partial charge in [0.2, 0.25) is 5.95 Å². The highest BCUT2D eigenvalue weighted by Gasteiger charge is 2.24. The number of nitrogens with zero attached hydrogens (tertiary/aromatic N) is 5. The molecule has 1 aliphatic heterocycles. The van der Waals surface area contributed by atoms with E-state index in [1.165, 1.54) is 29.1 Å². The van der Waals surface area contributed by atoms with E-state index in [1.54, 1.807) is 30.5 Å². The van der Waals surface area contributed by atoms with Crippen LogP contribution in [0.4, 0.5) is 16.0 Å². The van der Waals surface area contributed by atoms with E-state index >= 15 is 4.39 Å². The monoisotopic (exact) mass is 648 g/mol. The lowest BCUT2D eigenvalue weighted by Gasteiger charge is -2.30. The lowest BCUT2D eigenvalue weighted by atomic mass is 10.1. The molecular weight excluding hydrogens is 623 g/mol. The fraction of sp³-hybridized carbons (Fsp3) is 0.200. The maximum atomic E-state index is 15.3. The van der Waals surface area contributed by atoms with Gasteiger partial charge in [0, 0.05) is 66.1 Å². The van der Waals surface area contributed by atoms with Crippen molar-refractivity contribution in [1.29, 1.82) is 0 Å². The Balaban J connectivity index is 1.33. The third-order valence-electron chi connectivity index (χ3n) is 7.05. The van der Waals surface area contributed by atoms with Crippen LogP contribution < -0.4 is 10.9 Å². The summed E-state index contributed by atoms with van der Waals surface area (Å²) < 4.78 is 36.2. The summed E-state index contributed by atoms with van der Waals surface area (Å²) in [5, 5.41) is 3.77. The number of pyridine rings is 2. The third-order valence-corrected chi connectivity index (χ3v) is 9.10. The van der Waals surface area contributed by atoms with Crippen LogP contribution in [0.1, 0.15) is 17.2 Å². The van der Waals surface area contributed by atoms with Gasteiger partial charge in [0.05, 0.1) is 29.3 Å². The highest BCUT2D eigenvalue weighted by molar-refractivity contribution is 9.10. The molecule has 2 aromatic carbocycles. The highest BCUT2D eigenvalue weighted by atomic mass is 79.9. The van der Waals surface area contributed by atoms with Crippen molar-refractivity contribution < 1.29 is 13.7 Å². The van der Waals surface area contributed by atoms with E-state index < -0.39 is 22.6 Å². The number of rotatable bonds is 7. The molecule has 0 amide bonds. The molecule has 0 saturated carbocycles. The van der Waals surface area contributed by atoms with E-state index in [0.717, 1.165) is 24.3 Å². The van der Waals surface area contributed by atoms with Gasteiger partial charge in [0.25, 0.3) is 5.56 Å². The van der Waals surface area contributed by atoms with Crippen LogP contribution in [-0.4, -0.2) is 55.7 Å². The fourth-order valence-electron chi connectivity index (χ4n) is 4.83. The van der Waals surface area contributed by atoms with Crippen LogP contribution in [0.25, 0.3) is 11.0 Å². The molecule has 5 aromatic rings. The number of fused-ring (bicyclic) bond motifs is 1. The Hall–Kier alpha value is -3.68. The Kier molecular flexibility index (Phi) is 8.31. The number of halogens is 2. The third kappa shape index (κ3) is 5.94. The van der Waals surface area contributed by atoms with E-state index in [0.29, 0.717) is 22.5 Å². The molecule has 0 radical (unpaired) electrons. The fourth-order valence-corrected chi connectivity index (χ4v) is 6.50. The SMILES string of the molecule is CN1CCOC(c2ccc(Nc3ncc4cc(Br)c(=O)n(Cc5c(F)cccc5[S+]([O-])c5ccncc5)c4n3)cc2)C1. The van der Waals surface area contributed by atoms with Gasteiger partial charge in [-0.2, -0.15) is 4.98 Å². The second-order valence-corrected chi connectivity index (χ2v) is 12.2. The van der Waals surface area contributed by atoms with Gasteiger partial charge in [-0.1, -0.05) is 18.2 Å². The van der Waals surface area contributed by atoms with Crippen LogP contribution in [0.5, 0.6) is 0 Å². The van der Waals surface area contributed by atoms with Crippen LogP contribution in [0, 0.1) is 5.82 Å². The average molecular weight is 650 g/mol. The van der Waals surface area contributed by atoms with Gasteiger partial charge < -0.3 is 19.5 Å². The van der Waals surface area contributed by atoms with Gasteiger partial charge in [0.15, 0.2) is 9.79 Å². The molecule has 214 valence electrons. The summed E-state index contributed by atoms with van der Waals surface area (Å²) in [6.07, 6.45) is 4.67. The number of ether oxygens (including phenoxy) is 1. The molecule has 2 unspecified atom stereocenters. The normalized spacial score (nSPS) is 16.4. The van der Waals surface area contributed by atoms with Crippen LogP contribution in [0.15, 0.2) is 98.3 Å². The molecule has 1 aliphatic rings. The first-order valence-electron chi connectivity index (χ1n) is 13.2. The summed E-state index contributed by atoms with van der Waals surface area (Å²) in [6, 6.07) is 17.1. The molecule has 3 aromatic heterocycles. The van der Waals surface area contributed by atoms with Gasteiger partial charge in [-0.25, -0.2) is 9.37 Å². The Morgan fingerprint density at radius 3 is 2.71 bits per heavy atom. The second kappa shape index (κ2) is 12.3. The van der Waals surface area contributed by atoms with Crippen molar-refractivity contribution in [2.45, 2.75) is 22.4 Å². The van der Waals surface area contributed by atoms with Gasteiger partial charge >= 0.3 is 0 Å². The van der Waals surface area contributed by atoms with Crippen molar-refractivity contribution in [3.05, 3.63) is 111 Å². The average Bonchev–Trinajstić information content (AvgIpc) is 3.01. The number of likely N-dealkylation sites (N-methyl/N-ethyl adjacent to an activating group) is 1. The summed E-state index contributed by atoms with van der Waals surface area (Å²) in [5.41, 5.74) is 1.87. The van der Waals surface area contributed by atoms with E-state index in [-0.39, 0.29) is 33.5 Å². The molecule has 12 heteroatoms. The Labute approximate surface area is 252 Å². The van der Waals surface area contributed by atoms with Gasteiger partial charge in [-0.05, 0) is 58.9 Å². The van der Waals surface area contributed by atoms with Gasteiger partial charge in [-0.15, -0.1) is 0 Å². The molecule has 4 heterocycles. The zero-order chi connectivity index (χ0) is 29.2. The molecule has 1 saturated heterocycles. The van der Waals surface area contributed by atoms with Crippen LogP contribution >= 0.6 is 15.9 Å². The van der Waals surface area contributed by atoms with Crippen molar-refractivity contribution in [3.8, 4) is 0 Å². The predicted octanol–water partition coefficient (Wildman–Crippen LogP) is 5.05.